The standard InChI is InChI=1S/C9H21NO3/c1-9(8-11)2-4-12-6-7-13-5-3-10/h9,11H,2-8,10H2,1H3. The summed E-state index contributed by atoms with van der Waals surface area (Å²) in [5.41, 5.74) is 5.23. The monoisotopic (exact) mass is 191 g/mol. The van der Waals surface area contributed by atoms with E-state index in [1.165, 1.54) is 0 Å². The molecule has 80 valence electrons. The molecule has 0 radical (unpaired) electrons. The molecule has 4 nitrogen and oxygen atoms in total. The Hall–Kier alpha value is -0.160. The molecule has 0 rings (SSSR count). The molecule has 0 aromatic rings. The van der Waals surface area contributed by atoms with Gasteiger partial charge in [-0.05, 0) is 12.3 Å². The minimum Gasteiger partial charge on any atom is -0.396 e. The van der Waals surface area contributed by atoms with E-state index >= 15 is 0 Å². The summed E-state index contributed by atoms with van der Waals surface area (Å²) in [6, 6.07) is 0. The molecule has 0 bridgehead atoms. The maximum atomic E-state index is 8.71. The van der Waals surface area contributed by atoms with E-state index in [0.29, 0.717) is 38.9 Å². The first kappa shape index (κ1) is 12.8. The van der Waals surface area contributed by atoms with Crippen LogP contribution in [0.1, 0.15) is 13.3 Å². The minimum atomic E-state index is 0.229. The van der Waals surface area contributed by atoms with E-state index in [1.807, 2.05) is 6.92 Å². The molecule has 1 atom stereocenters. The normalized spacial score (nSPS) is 13.2. The molecule has 3 N–H and O–H groups in total. The van der Waals surface area contributed by atoms with Gasteiger partial charge >= 0.3 is 0 Å². The van der Waals surface area contributed by atoms with Gasteiger partial charge < -0.3 is 20.3 Å². The fraction of sp³-hybridized carbons (Fsp3) is 1.00. The zero-order valence-corrected chi connectivity index (χ0v) is 8.37. The van der Waals surface area contributed by atoms with Gasteiger partial charge in [0.15, 0.2) is 0 Å². The van der Waals surface area contributed by atoms with Crippen molar-refractivity contribution in [2.75, 3.05) is 39.6 Å². The van der Waals surface area contributed by atoms with Crippen LogP contribution in [-0.2, 0) is 9.47 Å². The second-order valence-corrected chi connectivity index (χ2v) is 3.09. The van der Waals surface area contributed by atoms with E-state index in [1.54, 1.807) is 0 Å². The molecule has 0 aliphatic heterocycles. The zero-order valence-electron chi connectivity index (χ0n) is 8.37. The fourth-order valence-electron chi connectivity index (χ4n) is 0.781. The Labute approximate surface area is 80.0 Å². The number of hydrogen-bond acceptors (Lipinski definition) is 4. The molecule has 0 aromatic heterocycles. The van der Waals surface area contributed by atoms with Crippen molar-refractivity contribution in [2.45, 2.75) is 13.3 Å². The van der Waals surface area contributed by atoms with Crippen LogP contribution in [0.25, 0.3) is 0 Å². The third-order valence-electron chi connectivity index (χ3n) is 1.70. The zero-order chi connectivity index (χ0) is 9.94. The van der Waals surface area contributed by atoms with Crippen molar-refractivity contribution < 1.29 is 14.6 Å². The largest absolute Gasteiger partial charge is 0.396 e. The topological polar surface area (TPSA) is 64.7 Å². The molecule has 0 saturated carbocycles. The Kier molecular flexibility index (Phi) is 9.80. The Morgan fingerprint density at radius 2 is 1.77 bits per heavy atom. The van der Waals surface area contributed by atoms with E-state index in [4.69, 9.17) is 20.3 Å². The molecule has 0 heterocycles. The SMILES string of the molecule is CC(CO)CCOCCOCCN. The summed E-state index contributed by atoms with van der Waals surface area (Å²) in [7, 11) is 0. The van der Waals surface area contributed by atoms with Gasteiger partial charge in [0.05, 0.1) is 19.8 Å². The highest BCUT2D eigenvalue weighted by Crippen LogP contribution is 1.99. The van der Waals surface area contributed by atoms with Crippen molar-refractivity contribution in [1.29, 1.82) is 0 Å². The van der Waals surface area contributed by atoms with Crippen LogP contribution in [0.4, 0.5) is 0 Å². The third-order valence-corrected chi connectivity index (χ3v) is 1.70. The van der Waals surface area contributed by atoms with Crippen LogP contribution in [0.2, 0.25) is 0 Å². The molecule has 13 heavy (non-hydrogen) atoms. The lowest BCUT2D eigenvalue weighted by Gasteiger charge is -2.08. The predicted octanol–water partition coefficient (Wildman–Crippen LogP) is -0.00320. The van der Waals surface area contributed by atoms with Gasteiger partial charge in [-0.1, -0.05) is 6.92 Å². The molecular weight excluding hydrogens is 170 g/mol. The predicted molar refractivity (Wildman–Crippen MR) is 51.6 cm³/mol. The number of nitrogens with two attached hydrogens (primary N) is 1. The van der Waals surface area contributed by atoms with Crippen LogP contribution in [0.5, 0.6) is 0 Å². The average molecular weight is 191 g/mol. The Morgan fingerprint density at radius 1 is 1.15 bits per heavy atom. The summed E-state index contributed by atoms with van der Waals surface area (Å²) in [6.45, 7) is 5.27. The van der Waals surface area contributed by atoms with Gasteiger partial charge in [-0.3, -0.25) is 0 Å². The van der Waals surface area contributed by atoms with Crippen molar-refractivity contribution in [3.8, 4) is 0 Å². The molecule has 1 unspecified atom stereocenters. The molecule has 0 aromatic carbocycles. The van der Waals surface area contributed by atoms with Crippen LogP contribution < -0.4 is 5.73 Å². The number of hydrogen-bond donors (Lipinski definition) is 2. The lowest BCUT2D eigenvalue weighted by molar-refractivity contribution is 0.0434. The van der Waals surface area contributed by atoms with Gasteiger partial charge in [0, 0.05) is 19.8 Å². The molecular formula is C9H21NO3. The summed E-state index contributed by atoms with van der Waals surface area (Å²) in [6.07, 6.45) is 0.896. The molecule has 4 heteroatoms. The van der Waals surface area contributed by atoms with Crippen molar-refractivity contribution in [3.63, 3.8) is 0 Å². The molecule has 0 spiro atoms. The third kappa shape index (κ3) is 9.76. The lowest BCUT2D eigenvalue weighted by atomic mass is 10.1. The van der Waals surface area contributed by atoms with Gasteiger partial charge in [0.2, 0.25) is 0 Å². The maximum Gasteiger partial charge on any atom is 0.0701 e. The van der Waals surface area contributed by atoms with Crippen molar-refractivity contribution in [3.05, 3.63) is 0 Å². The van der Waals surface area contributed by atoms with Crippen molar-refractivity contribution in [2.24, 2.45) is 11.7 Å². The van der Waals surface area contributed by atoms with E-state index in [2.05, 4.69) is 0 Å². The van der Waals surface area contributed by atoms with E-state index in [0.717, 1.165) is 6.42 Å². The van der Waals surface area contributed by atoms with Gasteiger partial charge in [-0.25, -0.2) is 0 Å². The second-order valence-electron chi connectivity index (χ2n) is 3.09. The van der Waals surface area contributed by atoms with Crippen LogP contribution in [0.15, 0.2) is 0 Å². The molecule has 0 aliphatic carbocycles. The number of rotatable bonds is 9. The number of ether oxygens (including phenoxy) is 2. The molecule has 0 saturated heterocycles. The summed E-state index contributed by atoms with van der Waals surface area (Å²) in [4.78, 5) is 0. The Morgan fingerprint density at radius 3 is 2.31 bits per heavy atom. The van der Waals surface area contributed by atoms with E-state index < -0.39 is 0 Å². The summed E-state index contributed by atoms with van der Waals surface area (Å²) >= 11 is 0. The minimum absolute atomic E-state index is 0.229. The van der Waals surface area contributed by atoms with Gasteiger partial charge in [-0.2, -0.15) is 0 Å². The highest BCUT2D eigenvalue weighted by atomic mass is 16.5. The first-order valence-electron chi connectivity index (χ1n) is 4.77. The van der Waals surface area contributed by atoms with E-state index in [-0.39, 0.29) is 6.61 Å². The Balaban J connectivity index is 2.91. The molecule has 0 amide bonds. The maximum absolute atomic E-state index is 8.71. The van der Waals surface area contributed by atoms with E-state index in [9.17, 15) is 0 Å². The summed E-state index contributed by atoms with van der Waals surface area (Å²) in [5, 5.41) is 8.71. The number of aliphatic hydroxyl groups is 1. The van der Waals surface area contributed by atoms with Crippen molar-refractivity contribution >= 4 is 0 Å². The lowest BCUT2D eigenvalue weighted by Crippen LogP contribution is -2.13. The van der Waals surface area contributed by atoms with Crippen LogP contribution in [0.3, 0.4) is 0 Å². The first-order valence-corrected chi connectivity index (χ1v) is 4.77. The van der Waals surface area contributed by atoms with Crippen LogP contribution in [-0.4, -0.2) is 44.7 Å². The molecule has 0 aliphatic rings. The van der Waals surface area contributed by atoms with Crippen LogP contribution >= 0.6 is 0 Å². The highest BCUT2D eigenvalue weighted by Gasteiger charge is 1.98. The van der Waals surface area contributed by atoms with Crippen LogP contribution in [0, 0.1) is 5.92 Å². The molecule has 0 fully saturated rings. The smallest absolute Gasteiger partial charge is 0.0701 e. The quantitative estimate of drug-likeness (QED) is 0.503. The van der Waals surface area contributed by atoms with Crippen molar-refractivity contribution in [1.82, 2.24) is 0 Å². The highest BCUT2D eigenvalue weighted by molar-refractivity contribution is 4.48. The fourth-order valence-corrected chi connectivity index (χ4v) is 0.781. The average Bonchev–Trinajstić information content (AvgIpc) is 2.16. The van der Waals surface area contributed by atoms with Gasteiger partial charge in [0.25, 0.3) is 0 Å². The summed E-state index contributed by atoms with van der Waals surface area (Å²) in [5.74, 6) is 0.324. The first-order chi connectivity index (χ1) is 6.31. The number of aliphatic hydroxyl groups excluding tert-OH is 1. The second kappa shape index (κ2) is 9.92. The summed E-state index contributed by atoms with van der Waals surface area (Å²) < 4.78 is 10.4. The van der Waals surface area contributed by atoms with Gasteiger partial charge in [0.1, 0.15) is 0 Å². The van der Waals surface area contributed by atoms with Gasteiger partial charge in [-0.15, -0.1) is 0 Å². The Bertz CT molecular complexity index is 101.